The molecule has 0 fully saturated rings. The van der Waals surface area contributed by atoms with Crippen molar-refractivity contribution in [1.29, 1.82) is 0 Å². The van der Waals surface area contributed by atoms with E-state index in [0.717, 1.165) is 6.42 Å². The molecule has 5 nitrogen and oxygen atoms in total. The highest BCUT2D eigenvalue weighted by Crippen LogP contribution is 2.17. The molecule has 0 saturated heterocycles. The van der Waals surface area contributed by atoms with Crippen molar-refractivity contribution < 1.29 is 23.8 Å². The van der Waals surface area contributed by atoms with Crippen LogP contribution in [0.2, 0.25) is 0 Å². The van der Waals surface area contributed by atoms with Gasteiger partial charge in [-0.05, 0) is 27.2 Å². The third-order valence-corrected chi connectivity index (χ3v) is 2.30. The summed E-state index contributed by atoms with van der Waals surface area (Å²) in [5, 5.41) is 0. The minimum atomic E-state index is -0.745. The first-order chi connectivity index (χ1) is 8.06. The van der Waals surface area contributed by atoms with Crippen LogP contribution in [0.4, 0.5) is 4.79 Å². The standard InChI is InChI=1S/C12H22O5/c1-5-8-10(11(13)15-6-2)9(4)17-12(14)16-7-3/h9-10H,5-8H2,1-4H3/t9-,10+/m0/s1. The summed E-state index contributed by atoms with van der Waals surface area (Å²) in [6, 6.07) is 0. The van der Waals surface area contributed by atoms with Gasteiger partial charge in [0.15, 0.2) is 0 Å². The molecule has 0 aromatic rings. The summed E-state index contributed by atoms with van der Waals surface area (Å²) in [5.74, 6) is -0.754. The fraction of sp³-hybridized carbons (Fsp3) is 0.833. The van der Waals surface area contributed by atoms with E-state index in [1.165, 1.54) is 0 Å². The largest absolute Gasteiger partial charge is 0.508 e. The summed E-state index contributed by atoms with van der Waals surface area (Å²) in [5.41, 5.74) is 0. The Balaban J connectivity index is 4.37. The van der Waals surface area contributed by atoms with Gasteiger partial charge in [0.2, 0.25) is 0 Å². The van der Waals surface area contributed by atoms with E-state index < -0.39 is 18.2 Å². The van der Waals surface area contributed by atoms with Gasteiger partial charge < -0.3 is 14.2 Å². The molecule has 0 amide bonds. The third-order valence-electron chi connectivity index (χ3n) is 2.30. The van der Waals surface area contributed by atoms with E-state index in [2.05, 4.69) is 4.74 Å². The Morgan fingerprint density at radius 2 is 1.65 bits per heavy atom. The number of hydrogen-bond donors (Lipinski definition) is 0. The van der Waals surface area contributed by atoms with Crippen LogP contribution in [0, 0.1) is 5.92 Å². The molecule has 0 aliphatic heterocycles. The Hall–Kier alpha value is -1.26. The molecule has 2 atom stereocenters. The topological polar surface area (TPSA) is 61.8 Å². The minimum absolute atomic E-state index is 0.253. The highest BCUT2D eigenvalue weighted by molar-refractivity contribution is 5.73. The van der Waals surface area contributed by atoms with Crippen molar-refractivity contribution >= 4 is 12.1 Å². The molecule has 0 aromatic carbocycles. The fourth-order valence-corrected chi connectivity index (χ4v) is 1.49. The van der Waals surface area contributed by atoms with Gasteiger partial charge in [0.05, 0.1) is 19.1 Å². The van der Waals surface area contributed by atoms with Crippen molar-refractivity contribution in [2.45, 2.75) is 46.6 Å². The number of esters is 1. The second-order valence-electron chi connectivity index (χ2n) is 3.65. The highest BCUT2D eigenvalue weighted by Gasteiger charge is 2.28. The maximum Gasteiger partial charge on any atom is 0.508 e. The summed E-state index contributed by atoms with van der Waals surface area (Å²) >= 11 is 0. The van der Waals surface area contributed by atoms with Gasteiger partial charge in [-0.25, -0.2) is 4.79 Å². The summed E-state index contributed by atoms with van der Waals surface area (Å²) in [4.78, 5) is 22.8. The molecule has 0 N–H and O–H groups in total. The number of ether oxygens (including phenoxy) is 3. The molecule has 100 valence electrons. The zero-order valence-corrected chi connectivity index (χ0v) is 11.0. The van der Waals surface area contributed by atoms with Crippen molar-refractivity contribution in [3.05, 3.63) is 0 Å². The Bertz CT molecular complexity index is 239. The Kier molecular flexibility index (Phi) is 8.19. The van der Waals surface area contributed by atoms with Gasteiger partial charge in [0, 0.05) is 0 Å². The Morgan fingerprint density at radius 3 is 2.12 bits per heavy atom. The Labute approximate surface area is 102 Å². The number of hydrogen-bond acceptors (Lipinski definition) is 5. The lowest BCUT2D eigenvalue weighted by molar-refractivity contribution is -0.152. The van der Waals surface area contributed by atoms with Crippen LogP contribution in [0.1, 0.15) is 40.5 Å². The van der Waals surface area contributed by atoms with Crippen molar-refractivity contribution in [3.8, 4) is 0 Å². The summed E-state index contributed by atoms with van der Waals surface area (Å²) < 4.78 is 14.6. The lowest BCUT2D eigenvalue weighted by Gasteiger charge is -2.21. The van der Waals surface area contributed by atoms with E-state index in [4.69, 9.17) is 9.47 Å². The average molecular weight is 246 g/mol. The lowest BCUT2D eigenvalue weighted by atomic mass is 9.98. The molecule has 0 aromatic heterocycles. The maximum atomic E-state index is 11.7. The van der Waals surface area contributed by atoms with Gasteiger partial charge >= 0.3 is 12.1 Å². The number of carbonyl (C=O) groups excluding carboxylic acids is 2. The zero-order valence-electron chi connectivity index (χ0n) is 11.0. The smallest absolute Gasteiger partial charge is 0.466 e. The van der Waals surface area contributed by atoms with Crippen LogP contribution in [0.25, 0.3) is 0 Å². The maximum absolute atomic E-state index is 11.7. The lowest BCUT2D eigenvalue weighted by Crippen LogP contribution is -2.32. The first-order valence-electron chi connectivity index (χ1n) is 6.06. The van der Waals surface area contributed by atoms with Crippen molar-refractivity contribution in [2.24, 2.45) is 5.92 Å². The van der Waals surface area contributed by atoms with E-state index in [0.29, 0.717) is 13.0 Å². The third kappa shape index (κ3) is 6.14. The first kappa shape index (κ1) is 15.7. The van der Waals surface area contributed by atoms with Crippen LogP contribution in [0.3, 0.4) is 0 Å². The fourth-order valence-electron chi connectivity index (χ4n) is 1.49. The Morgan fingerprint density at radius 1 is 1.06 bits per heavy atom. The minimum Gasteiger partial charge on any atom is -0.466 e. The quantitative estimate of drug-likeness (QED) is 0.646. The van der Waals surface area contributed by atoms with Crippen molar-refractivity contribution in [1.82, 2.24) is 0 Å². The summed E-state index contributed by atoms with van der Waals surface area (Å²) in [6.07, 6.45) is 0.165. The van der Waals surface area contributed by atoms with Crippen LogP contribution in [0.5, 0.6) is 0 Å². The predicted octanol–water partition coefficient (Wildman–Crippen LogP) is 2.53. The van der Waals surface area contributed by atoms with Crippen LogP contribution < -0.4 is 0 Å². The zero-order chi connectivity index (χ0) is 13.3. The van der Waals surface area contributed by atoms with Gasteiger partial charge in [-0.1, -0.05) is 13.3 Å². The molecule has 0 radical (unpaired) electrons. The molecule has 0 saturated carbocycles. The second kappa shape index (κ2) is 8.84. The molecular formula is C12H22O5. The predicted molar refractivity (Wildman–Crippen MR) is 62.6 cm³/mol. The highest BCUT2D eigenvalue weighted by atomic mass is 16.7. The van der Waals surface area contributed by atoms with Crippen LogP contribution in [-0.4, -0.2) is 31.4 Å². The normalized spacial score (nSPS) is 13.6. The van der Waals surface area contributed by atoms with Gasteiger partial charge in [-0.2, -0.15) is 0 Å². The monoisotopic (exact) mass is 246 g/mol. The molecular weight excluding hydrogens is 224 g/mol. The molecule has 0 heterocycles. The number of rotatable bonds is 7. The molecule has 5 heteroatoms. The van der Waals surface area contributed by atoms with E-state index in [1.54, 1.807) is 20.8 Å². The van der Waals surface area contributed by atoms with E-state index in [9.17, 15) is 9.59 Å². The average Bonchev–Trinajstić information content (AvgIpc) is 2.26. The summed E-state index contributed by atoms with van der Waals surface area (Å²) in [7, 11) is 0. The summed E-state index contributed by atoms with van der Waals surface area (Å²) in [6.45, 7) is 7.66. The molecule has 17 heavy (non-hydrogen) atoms. The van der Waals surface area contributed by atoms with Gasteiger partial charge in [0.1, 0.15) is 6.10 Å². The van der Waals surface area contributed by atoms with Crippen LogP contribution in [-0.2, 0) is 19.0 Å². The SMILES string of the molecule is CCC[C@@H](C(=O)OCC)[C@H](C)OC(=O)OCC. The van der Waals surface area contributed by atoms with Crippen molar-refractivity contribution in [2.75, 3.05) is 13.2 Å². The van der Waals surface area contributed by atoms with Gasteiger partial charge in [-0.3, -0.25) is 4.79 Å². The molecule has 0 aliphatic carbocycles. The molecule has 0 bridgehead atoms. The van der Waals surface area contributed by atoms with Gasteiger partial charge in [-0.15, -0.1) is 0 Å². The van der Waals surface area contributed by atoms with Crippen molar-refractivity contribution in [3.63, 3.8) is 0 Å². The van der Waals surface area contributed by atoms with Gasteiger partial charge in [0.25, 0.3) is 0 Å². The molecule has 0 spiro atoms. The van der Waals surface area contributed by atoms with Crippen LogP contribution in [0.15, 0.2) is 0 Å². The number of carbonyl (C=O) groups is 2. The van der Waals surface area contributed by atoms with Crippen LogP contribution >= 0.6 is 0 Å². The van der Waals surface area contributed by atoms with E-state index >= 15 is 0 Å². The first-order valence-corrected chi connectivity index (χ1v) is 6.06. The van der Waals surface area contributed by atoms with E-state index in [1.807, 2.05) is 6.92 Å². The molecule has 0 aliphatic rings. The molecule has 0 unspecified atom stereocenters. The molecule has 0 rings (SSSR count). The second-order valence-corrected chi connectivity index (χ2v) is 3.65. The van der Waals surface area contributed by atoms with E-state index in [-0.39, 0.29) is 12.6 Å².